The van der Waals surface area contributed by atoms with Gasteiger partial charge in [-0.1, -0.05) is 6.07 Å². The molecule has 3 rings (SSSR count). The number of aromatic amines is 1. The molecule has 2 heterocycles. The van der Waals surface area contributed by atoms with E-state index in [0.29, 0.717) is 41.4 Å². The molecule has 0 bridgehead atoms. The number of fused-ring (bicyclic) bond motifs is 1. The van der Waals surface area contributed by atoms with Crippen LogP contribution in [0.5, 0.6) is 11.5 Å². The van der Waals surface area contributed by atoms with Crippen LogP contribution < -0.4 is 15.0 Å². The normalized spacial score (nSPS) is 13.4. The Kier molecular flexibility index (Phi) is 4.24. The molecular formula is C17H19N3O4. The van der Waals surface area contributed by atoms with Crippen LogP contribution in [-0.4, -0.2) is 41.5 Å². The van der Waals surface area contributed by atoms with Crippen molar-refractivity contribution in [1.82, 2.24) is 14.9 Å². The first-order chi connectivity index (χ1) is 11.5. The molecule has 0 spiro atoms. The van der Waals surface area contributed by atoms with Crippen molar-refractivity contribution in [3.8, 4) is 11.5 Å². The molecule has 2 aromatic rings. The van der Waals surface area contributed by atoms with E-state index < -0.39 is 0 Å². The van der Waals surface area contributed by atoms with Gasteiger partial charge in [-0.25, -0.2) is 4.98 Å². The first-order valence-corrected chi connectivity index (χ1v) is 7.64. The van der Waals surface area contributed by atoms with Gasteiger partial charge in [0.2, 0.25) is 0 Å². The molecule has 1 amide bonds. The molecular weight excluding hydrogens is 310 g/mol. The van der Waals surface area contributed by atoms with Gasteiger partial charge in [-0.3, -0.25) is 9.59 Å². The summed E-state index contributed by atoms with van der Waals surface area (Å²) in [6.07, 6.45) is 0.545. The summed E-state index contributed by atoms with van der Waals surface area (Å²) < 4.78 is 10.6. The van der Waals surface area contributed by atoms with Crippen LogP contribution in [0.2, 0.25) is 0 Å². The van der Waals surface area contributed by atoms with Crippen molar-refractivity contribution in [2.75, 3.05) is 20.8 Å². The van der Waals surface area contributed by atoms with Crippen molar-refractivity contribution < 1.29 is 14.3 Å². The number of aryl methyl sites for hydroxylation is 1. The molecule has 1 N–H and O–H groups in total. The number of nitrogens with zero attached hydrogens (tertiary/aromatic N) is 2. The molecule has 1 aromatic carbocycles. The van der Waals surface area contributed by atoms with Gasteiger partial charge in [0.15, 0.2) is 0 Å². The second kappa shape index (κ2) is 6.35. The van der Waals surface area contributed by atoms with Gasteiger partial charge in [-0.2, -0.15) is 0 Å². The molecule has 1 aliphatic rings. The number of nitrogens with one attached hydrogen (secondary N) is 1. The van der Waals surface area contributed by atoms with E-state index in [1.807, 2.05) is 0 Å². The summed E-state index contributed by atoms with van der Waals surface area (Å²) in [7, 11) is 3.02. The van der Waals surface area contributed by atoms with Gasteiger partial charge in [0, 0.05) is 13.0 Å². The van der Waals surface area contributed by atoms with E-state index in [2.05, 4.69) is 9.97 Å². The average Bonchev–Trinajstić information content (AvgIpc) is 2.59. The molecule has 7 heteroatoms. The van der Waals surface area contributed by atoms with Crippen LogP contribution in [0.15, 0.2) is 23.0 Å². The van der Waals surface area contributed by atoms with Crippen LogP contribution in [0.25, 0.3) is 0 Å². The number of benzene rings is 1. The van der Waals surface area contributed by atoms with Crippen LogP contribution in [0, 0.1) is 6.92 Å². The third-order valence-electron chi connectivity index (χ3n) is 4.12. The summed E-state index contributed by atoms with van der Waals surface area (Å²) in [6, 6.07) is 5.19. The highest BCUT2D eigenvalue weighted by atomic mass is 16.5. The van der Waals surface area contributed by atoms with E-state index in [4.69, 9.17) is 9.47 Å². The van der Waals surface area contributed by atoms with E-state index in [1.165, 1.54) is 14.2 Å². The minimum Gasteiger partial charge on any atom is -0.496 e. The minimum atomic E-state index is -0.227. The zero-order valence-electron chi connectivity index (χ0n) is 13.9. The number of methoxy groups -OCH3 is 2. The highest BCUT2D eigenvalue weighted by Crippen LogP contribution is 2.30. The van der Waals surface area contributed by atoms with Crippen molar-refractivity contribution in [3.05, 3.63) is 51.2 Å². The van der Waals surface area contributed by atoms with Crippen LogP contribution >= 0.6 is 0 Å². The first-order valence-electron chi connectivity index (χ1n) is 7.64. The number of carbonyl (C=O) groups excluding carboxylic acids is 1. The predicted molar refractivity (Wildman–Crippen MR) is 87.6 cm³/mol. The molecule has 1 aromatic heterocycles. The van der Waals surface area contributed by atoms with E-state index in [0.717, 1.165) is 5.69 Å². The summed E-state index contributed by atoms with van der Waals surface area (Å²) in [6.45, 7) is 2.46. The smallest absolute Gasteiger partial charge is 0.261 e. The fourth-order valence-corrected chi connectivity index (χ4v) is 2.94. The molecule has 7 nitrogen and oxygen atoms in total. The summed E-state index contributed by atoms with van der Waals surface area (Å²) in [5.74, 6) is 1.25. The van der Waals surface area contributed by atoms with E-state index in [1.54, 1.807) is 30.0 Å². The second-order valence-corrected chi connectivity index (χ2v) is 5.59. The Bertz CT molecular complexity index is 822. The molecule has 0 unspecified atom stereocenters. The molecule has 0 saturated heterocycles. The van der Waals surface area contributed by atoms with Gasteiger partial charge in [0.25, 0.3) is 11.5 Å². The summed E-state index contributed by atoms with van der Waals surface area (Å²) in [5.41, 5.74) is 1.46. The van der Waals surface area contributed by atoms with Gasteiger partial charge in [-0.05, 0) is 19.1 Å². The minimum absolute atomic E-state index is 0.193. The van der Waals surface area contributed by atoms with Gasteiger partial charge in [0.1, 0.15) is 22.9 Å². The number of rotatable bonds is 3. The van der Waals surface area contributed by atoms with Crippen molar-refractivity contribution in [1.29, 1.82) is 0 Å². The maximum atomic E-state index is 13.0. The second-order valence-electron chi connectivity index (χ2n) is 5.59. The van der Waals surface area contributed by atoms with Crippen molar-refractivity contribution in [2.24, 2.45) is 0 Å². The fraction of sp³-hybridized carbons (Fsp3) is 0.353. The Morgan fingerprint density at radius 2 is 1.92 bits per heavy atom. The largest absolute Gasteiger partial charge is 0.496 e. The third-order valence-corrected chi connectivity index (χ3v) is 4.12. The lowest BCUT2D eigenvalue weighted by atomic mass is 10.0. The van der Waals surface area contributed by atoms with Crippen LogP contribution in [0.1, 0.15) is 27.4 Å². The Morgan fingerprint density at radius 3 is 2.54 bits per heavy atom. The number of carbonyl (C=O) groups is 1. The van der Waals surface area contributed by atoms with E-state index in [9.17, 15) is 9.59 Å². The average molecular weight is 329 g/mol. The highest BCUT2D eigenvalue weighted by Gasteiger charge is 2.28. The molecule has 0 radical (unpaired) electrons. The molecule has 126 valence electrons. The van der Waals surface area contributed by atoms with Crippen LogP contribution in [-0.2, 0) is 13.0 Å². The van der Waals surface area contributed by atoms with Crippen molar-refractivity contribution >= 4 is 5.91 Å². The van der Waals surface area contributed by atoms with Crippen LogP contribution in [0.3, 0.4) is 0 Å². The quantitative estimate of drug-likeness (QED) is 0.917. The van der Waals surface area contributed by atoms with Crippen molar-refractivity contribution in [3.63, 3.8) is 0 Å². The lowest BCUT2D eigenvalue weighted by Crippen LogP contribution is -2.40. The van der Waals surface area contributed by atoms with Gasteiger partial charge < -0.3 is 19.4 Å². The summed E-state index contributed by atoms with van der Waals surface area (Å²) in [4.78, 5) is 33.8. The van der Waals surface area contributed by atoms with Gasteiger partial charge in [0.05, 0.1) is 32.0 Å². The summed E-state index contributed by atoms with van der Waals surface area (Å²) >= 11 is 0. The fourth-order valence-electron chi connectivity index (χ4n) is 2.94. The van der Waals surface area contributed by atoms with E-state index >= 15 is 0 Å². The number of amides is 1. The topological polar surface area (TPSA) is 84.5 Å². The van der Waals surface area contributed by atoms with Gasteiger partial charge in [-0.15, -0.1) is 0 Å². The monoisotopic (exact) mass is 329 g/mol. The molecule has 0 saturated carbocycles. The first kappa shape index (κ1) is 16.0. The Hall–Kier alpha value is -2.83. The van der Waals surface area contributed by atoms with E-state index in [-0.39, 0.29) is 18.0 Å². The van der Waals surface area contributed by atoms with Crippen molar-refractivity contribution in [2.45, 2.75) is 19.9 Å². The maximum Gasteiger partial charge on any atom is 0.261 e. The standard InChI is InChI=1S/C17H19N3O4/c1-10-18-12-7-8-20(9-11(12)16(21)19-10)17(22)15-13(23-2)5-4-6-14(15)24-3/h4-6H,7-9H2,1-3H3,(H,18,19,21). The SMILES string of the molecule is COc1cccc(OC)c1C(=O)N1CCc2nc(C)[nH]c(=O)c2C1. The van der Waals surface area contributed by atoms with Gasteiger partial charge >= 0.3 is 0 Å². The Labute approximate surface area is 139 Å². The number of aromatic nitrogens is 2. The molecule has 0 fully saturated rings. The molecule has 1 aliphatic heterocycles. The zero-order chi connectivity index (χ0) is 17.3. The zero-order valence-corrected chi connectivity index (χ0v) is 13.9. The lowest BCUT2D eigenvalue weighted by Gasteiger charge is -2.28. The number of hydrogen-bond donors (Lipinski definition) is 1. The molecule has 0 aliphatic carbocycles. The lowest BCUT2D eigenvalue weighted by molar-refractivity contribution is 0.0725. The highest BCUT2D eigenvalue weighted by molar-refractivity contribution is 5.99. The molecule has 24 heavy (non-hydrogen) atoms. The molecule has 0 atom stereocenters. The Balaban J connectivity index is 1.97. The number of H-pyrrole nitrogens is 1. The number of hydrogen-bond acceptors (Lipinski definition) is 5. The Morgan fingerprint density at radius 1 is 1.25 bits per heavy atom. The summed E-state index contributed by atoms with van der Waals surface area (Å²) in [5, 5.41) is 0. The maximum absolute atomic E-state index is 13.0. The number of ether oxygens (including phenoxy) is 2. The van der Waals surface area contributed by atoms with Crippen LogP contribution in [0.4, 0.5) is 0 Å². The third kappa shape index (κ3) is 2.73. The predicted octanol–water partition coefficient (Wildman–Crippen LogP) is 1.29.